The summed E-state index contributed by atoms with van der Waals surface area (Å²) < 4.78 is 17.0. The van der Waals surface area contributed by atoms with Gasteiger partial charge in [0, 0.05) is 0 Å². The molecule has 2 N–H and O–H groups in total. The first-order chi connectivity index (χ1) is 4.16. The molecule has 0 amide bonds. The highest BCUT2D eigenvalue weighted by Crippen LogP contribution is 1.84. The molecule has 0 saturated carbocycles. The highest BCUT2D eigenvalue weighted by molar-refractivity contribution is 4.36. The lowest BCUT2D eigenvalue weighted by Crippen LogP contribution is -1.85. The summed E-state index contributed by atoms with van der Waals surface area (Å²) in [6.45, 7) is -1.30. The minimum Gasteiger partial charge on any atom is -0.394 e. The predicted octanol–water partition coefficient (Wildman–Crippen LogP) is -1.01. The van der Waals surface area contributed by atoms with Crippen LogP contribution in [0.4, 0.5) is 0 Å². The predicted molar refractivity (Wildman–Crippen MR) is 25.0 cm³/mol. The Kier molecular flexibility index (Phi) is 3.22. The van der Waals surface area contributed by atoms with Crippen molar-refractivity contribution >= 4 is 0 Å². The van der Waals surface area contributed by atoms with Gasteiger partial charge in [-0.05, 0) is 0 Å². The number of aliphatic hydroxyl groups is 2. The van der Waals surface area contributed by atoms with Crippen molar-refractivity contribution in [3.63, 3.8) is 0 Å². The molecule has 0 radical (unpaired) electrons. The normalized spacial score (nSPS) is 33.7. The van der Waals surface area contributed by atoms with Crippen LogP contribution in [0.3, 0.4) is 0 Å². The zero-order valence-corrected chi connectivity index (χ0v) is 3.87. The van der Waals surface area contributed by atoms with Crippen LogP contribution in [-0.4, -0.2) is 36.6 Å². The van der Waals surface area contributed by atoms with Crippen LogP contribution in [0.2, 0.25) is 0 Å². The first-order valence-electron chi connectivity index (χ1n) is 3.07. The lowest BCUT2D eigenvalue weighted by Gasteiger charge is -1.70. The average molecular weight is 108 g/mol. The third-order valence-corrected chi connectivity index (χ3v) is 0.248. The largest absolute Gasteiger partial charge is 0.394 e. The van der Waals surface area contributed by atoms with Crippen molar-refractivity contribution in [2.75, 3.05) is 26.4 Å². The highest BCUT2D eigenvalue weighted by atomic mass is 16.6. The number of rotatable bonds is 1. The van der Waals surface area contributed by atoms with Crippen molar-refractivity contribution in [1.82, 2.24) is 0 Å². The molecular formula is C4H10O3. The molecule has 0 aromatic carbocycles. The van der Waals surface area contributed by atoms with E-state index in [9.17, 15) is 0 Å². The summed E-state index contributed by atoms with van der Waals surface area (Å²) in [5, 5.41) is 15.5. The second-order valence-electron chi connectivity index (χ2n) is 0.865. The maximum absolute atomic E-state index is 7.78. The lowest BCUT2D eigenvalue weighted by atomic mass is 10.8. The molecule has 2 unspecified atom stereocenters. The topological polar surface area (TPSA) is 53.0 Å². The summed E-state index contributed by atoms with van der Waals surface area (Å²) in [4.78, 5) is 0. The first kappa shape index (κ1) is 3.83. The van der Waals surface area contributed by atoms with Crippen LogP contribution < -0.4 is 0 Å². The Labute approximate surface area is 45.3 Å². The standard InChI is InChI=1S/C2H6O2.C2H4O/c3-1-2-4;1-2-3-1/h3-4H,1-2H2;1-2H2/i2*1D. The maximum Gasteiger partial charge on any atom is 0.0701 e. The Balaban J connectivity index is 0.000000144. The Morgan fingerprint density at radius 3 is 2.14 bits per heavy atom. The fourth-order valence-corrected chi connectivity index (χ4v) is 0. The summed E-state index contributed by atoms with van der Waals surface area (Å²) in [5.74, 6) is 0. The van der Waals surface area contributed by atoms with Crippen molar-refractivity contribution in [1.29, 1.82) is 0 Å². The van der Waals surface area contributed by atoms with Gasteiger partial charge in [0.15, 0.2) is 0 Å². The van der Waals surface area contributed by atoms with E-state index in [0.717, 1.165) is 0 Å². The minimum absolute atomic E-state index is 0.167. The molecule has 0 spiro atoms. The van der Waals surface area contributed by atoms with Crippen molar-refractivity contribution in [2.45, 2.75) is 0 Å². The van der Waals surface area contributed by atoms with E-state index >= 15 is 0 Å². The molecule has 0 aliphatic carbocycles. The van der Waals surface area contributed by atoms with Gasteiger partial charge in [0.2, 0.25) is 0 Å². The summed E-state index contributed by atoms with van der Waals surface area (Å²) >= 11 is 0. The van der Waals surface area contributed by atoms with Gasteiger partial charge in [0.1, 0.15) is 0 Å². The second-order valence-corrected chi connectivity index (χ2v) is 0.865. The maximum atomic E-state index is 7.78. The molecule has 1 aliphatic heterocycles. The molecule has 3 heteroatoms. The Bertz CT molecular complexity index is 64.8. The van der Waals surface area contributed by atoms with Crippen LogP contribution >= 0.6 is 0 Å². The zero-order valence-electron chi connectivity index (χ0n) is 5.87. The van der Waals surface area contributed by atoms with Crippen molar-refractivity contribution < 1.29 is 17.7 Å². The van der Waals surface area contributed by atoms with Gasteiger partial charge in [-0.25, -0.2) is 0 Å². The van der Waals surface area contributed by atoms with Crippen LogP contribution in [-0.2, 0) is 4.74 Å². The van der Waals surface area contributed by atoms with Gasteiger partial charge >= 0.3 is 0 Å². The molecule has 1 aliphatic rings. The van der Waals surface area contributed by atoms with E-state index in [2.05, 4.69) is 4.74 Å². The summed E-state index contributed by atoms with van der Waals surface area (Å²) in [7, 11) is 0. The molecule has 1 rings (SSSR count). The quantitative estimate of drug-likeness (QED) is 0.423. The van der Waals surface area contributed by atoms with E-state index < -0.39 is 13.2 Å². The summed E-state index contributed by atoms with van der Waals surface area (Å²) in [6, 6.07) is 0. The van der Waals surface area contributed by atoms with Crippen LogP contribution in [0.15, 0.2) is 0 Å². The van der Waals surface area contributed by atoms with Crippen LogP contribution in [0, 0.1) is 0 Å². The molecule has 7 heavy (non-hydrogen) atoms. The lowest BCUT2D eigenvalue weighted by molar-refractivity contribution is 0.186. The third kappa shape index (κ3) is 25.0. The van der Waals surface area contributed by atoms with E-state index in [1.807, 2.05) is 0 Å². The number of hydrogen-bond acceptors (Lipinski definition) is 3. The fourth-order valence-electron chi connectivity index (χ4n) is 0. The Morgan fingerprint density at radius 1 is 1.86 bits per heavy atom. The van der Waals surface area contributed by atoms with Crippen LogP contribution in [0.1, 0.15) is 2.74 Å². The van der Waals surface area contributed by atoms with E-state index in [4.69, 9.17) is 13.0 Å². The van der Waals surface area contributed by atoms with Gasteiger partial charge in [-0.1, -0.05) is 0 Å². The van der Waals surface area contributed by atoms with Gasteiger partial charge in [-0.3, -0.25) is 0 Å². The van der Waals surface area contributed by atoms with Crippen molar-refractivity contribution in [2.24, 2.45) is 0 Å². The monoisotopic (exact) mass is 108 g/mol. The summed E-state index contributed by atoms with van der Waals surface area (Å²) in [6.07, 6.45) is 0. The molecule has 0 bridgehead atoms. The van der Waals surface area contributed by atoms with Crippen molar-refractivity contribution in [3.05, 3.63) is 0 Å². The molecule has 44 valence electrons. The van der Waals surface area contributed by atoms with Crippen molar-refractivity contribution in [3.8, 4) is 0 Å². The average Bonchev–Trinajstić information content (AvgIpc) is 2.53. The molecule has 1 fully saturated rings. The van der Waals surface area contributed by atoms with Gasteiger partial charge in [-0.2, -0.15) is 0 Å². The number of aliphatic hydroxyl groups excluding tert-OH is 2. The van der Waals surface area contributed by atoms with E-state index in [1.54, 1.807) is 0 Å². The molecule has 1 saturated heterocycles. The van der Waals surface area contributed by atoms with E-state index in [-0.39, 0.29) is 6.58 Å². The number of epoxide rings is 1. The second kappa shape index (κ2) is 5.88. The Hall–Kier alpha value is -0.120. The van der Waals surface area contributed by atoms with Gasteiger partial charge < -0.3 is 14.9 Å². The minimum atomic E-state index is -1.31. The van der Waals surface area contributed by atoms with E-state index in [0.29, 0.717) is 6.61 Å². The fraction of sp³-hybridized carbons (Fsp3) is 1.00. The van der Waals surface area contributed by atoms with Gasteiger partial charge in [0.25, 0.3) is 0 Å². The highest BCUT2D eigenvalue weighted by Gasteiger charge is 1.94. The molecule has 2 atom stereocenters. The summed E-state index contributed by atoms with van der Waals surface area (Å²) in [5.41, 5.74) is 0. The van der Waals surface area contributed by atoms with E-state index in [1.165, 1.54) is 0 Å². The zero-order chi connectivity index (χ0) is 7.28. The van der Waals surface area contributed by atoms with Crippen LogP contribution in [0.25, 0.3) is 0 Å². The van der Waals surface area contributed by atoms with Gasteiger partial charge in [-0.15, -0.1) is 0 Å². The first-order valence-corrected chi connectivity index (χ1v) is 1.92. The van der Waals surface area contributed by atoms with Crippen LogP contribution in [0.5, 0.6) is 0 Å². The third-order valence-electron chi connectivity index (χ3n) is 0.248. The molecule has 3 nitrogen and oxygen atoms in total. The number of ether oxygens (including phenoxy) is 1. The smallest absolute Gasteiger partial charge is 0.0701 e. The molecule has 0 aromatic rings. The molecular weight excluding hydrogens is 96.0 g/mol. The number of hydrogen-bond donors (Lipinski definition) is 2. The molecule has 0 aromatic heterocycles. The SMILES string of the molecule is [2H]C(O)CO.[2H]C1CO1. The van der Waals surface area contributed by atoms with Gasteiger partial charge in [0.05, 0.1) is 29.1 Å². The molecule has 1 heterocycles. The Morgan fingerprint density at radius 2 is 2.14 bits per heavy atom.